The summed E-state index contributed by atoms with van der Waals surface area (Å²) >= 11 is 0. The van der Waals surface area contributed by atoms with Crippen molar-refractivity contribution in [1.82, 2.24) is 9.97 Å². The standard InChI is InChI=1S/C7H8BN3O/c1-4-7(8)11-6(3-9-4)10-5(2)12/h3H,1-2H3,(H,10,11,12). The Hall–Kier alpha value is -1.39. The summed E-state index contributed by atoms with van der Waals surface area (Å²) in [6, 6.07) is 0. The first-order valence-corrected chi connectivity index (χ1v) is 3.46. The maximum atomic E-state index is 10.6. The molecule has 1 N–H and O–H groups in total. The molecule has 0 bridgehead atoms. The number of aromatic nitrogens is 2. The van der Waals surface area contributed by atoms with Gasteiger partial charge in [-0.05, 0) is 6.92 Å². The zero-order chi connectivity index (χ0) is 9.14. The summed E-state index contributed by atoms with van der Waals surface area (Å²) in [6.07, 6.45) is 1.47. The van der Waals surface area contributed by atoms with Crippen LogP contribution in [0.1, 0.15) is 12.6 Å². The fraction of sp³-hybridized carbons (Fsp3) is 0.286. The van der Waals surface area contributed by atoms with Crippen molar-refractivity contribution in [2.24, 2.45) is 0 Å². The minimum atomic E-state index is -0.187. The van der Waals surface area contributed by atoms with E-state index in [1.807, 2.05) is 0 Å². The number of amides is 1. The van der Waals surface area contributed by atoms with E-state index >= 15 is 0 Å². The van der Waals surface area contributed by atoms with Crippen molar-refractivity contribution in [3.8, 4) is 0 Å². The summed E-state index contributed by atoms with van der Waals surface area (Å²) < 4.78 is 0. The Morgan fingerprint density at radius 2 is 2.33 bits per heavy atom. The van der Waals surface area contributed by atoms with Gasteiger partial charge in [-0.15, -0.1) is 0 Å². The second kappa shape index (κ2) is 3.34. The summed E-state index contributed by atoms with van der Waals surface area (Å²) in [5.74, 6) is 0.193. The molecule has 0 saturated carbocycles. The summed E-state index contributed by atoms with van der Waals surface area (Å²) in [5, 5.41) is 2.48. The number of nitrogens with one attached hydrogen (secondary N) is 1. The minimum Gasteiger partial charge on any atom is -0.310 e. The van der Waals surface area contributed by atoms with E-state index in [0.717, 1.165) is 0 Å². The van der Waals surface area contributed by atoms with Crippen LogP contribution in [0.25, 0.3) is 0 Å². The average molecular weight is 161 g/mol. The monoisotopic (exact) mass is 161 g/mol. The number of anilines is 1. The molecule has 4 nitrogen and oxygen atoms in total. The molecule has 0 spiro atoms. The van der Waals surface area contributed by atoms with Gasteiger partial charge in [-0.2, -0.15) is 0 Å². The van der Waals surface area contributed by atoms with E-state index in [9.17, 15) is 4.79 Å². The topological polar surface area (TPSA) is 54.9 Å². The predicted molar refractivity (Wildman–Crippen MR) is 46.5 cm³/mol. The molecule has 0 saturated heterocycles. The van der Waals surface area contributed by atoms with Gasteiger partial charge in [0.25, 0.3) is 0 Å². The second-order valence-electron chi connectivity index (χ2n) is 2.41. The van der Waals surface area contributed by atoms with E-state index < -0.39 is 0 Å². The molecule has 0 unspecified atom stereocenters. The van der Waals surface area contributed by atoms with Crippen LogP contribution in [0.3, 0.4) is 0 Å². The number of carbonyl (C=O) groups excluding carboxylic acids is 1. The Kier molecular flexibility index (Phi) is 2.42. The van der Waals surface area contributed by atoms with Crippen LogP contribution in [0.2, 0.25) is 0 Å². The lowest BCUT2D eigenvalue weighted by Crippen LogP contribution is -2.18. The first-order valence-electron chi connectivity index (χ1n) is 3.46. The Balaban J connectivity index is 2.89. The van der Waals surface area contributed by atoms with Crippen LogP contribution in [0.4, 0.5) is 5.82 Å². The van der Waals surface area contributed by atoms with Gasteiger partial charge in [-0.1, -0.05) is 0 Å². The van der Waals surface area contributed by atoms with Crippen molar-refractivity contribution in [3.05, 3.63) is 11.9 Å². The van der Waals surface area contributed by atoms with Crippen LogP contribution in [-0.4, -0.2) is 23.7 Å². The van der Waals surface area contributed by atoms with Gasteiger partial charge in [0.05, 0.1) is 6.20 Å². The van der Waals surface area contributed by atoms with Gasteiger partial charge < -0.3 is 5.32 Å². The van der Waals surface area contributed by atoms with Gasteiger partial charge in [-0.3, -0.25) is 9.78 Å². The molecule has 0 aliphatic rings. The molecule has 1 rings (SSSR count). The molecule has 0 aromatic carbocycles. The van der Waals surface area contributed by atoms with Gasteiger partial charge in [0, 0.05) is 18.2 Å². The van der Waals surface area contributed by atoms with Crippen molar-refractivity contribution in [1.29, 1.82) is 0 Å². The summed E-state index contributed by atoms with van der Waals surface area (Å²) in [4.78, 5) is 18.4. The van der Waals surface area contributed by atoms with Crippen molar-refractivity contribution < 1.29 is 4.79 Å². The van der Waals surface area contributed by atoms with Gasteiger partial charge in [-0.25, -0.2) is 4.98 Å². The lowest BCUT2D eigenvalue weighted by atomic mass is 10.0. The van der Waals surface area contributed by atoms with Crippen LogP contribution in [0.15, 0.2) is 6.20 Å². The Bertz CT molecular complexity index is 314. The van der Waals surface area contributed by atoms with E-state index in [1.54, 1.807) is 6.92 Å². The van der Waals surface area contributed by atoms with E-state index in [-0.39, 0.29) is 5.91 Å². The van der Waals surface area contributed by atoms with Crippen LogP contribution >= 0.6 is 0 Å². The highest BCUT2D eigenvalue weighted by Gasteiger charge is 1.99. The van der Waals surface area contributed by atoms with Crippen LogP contribution in [-0.2, 0) is 4.79 Å². The van der Waals surface area contributed by atoms with E-state index in [4.69, 9.17) is 7.85 Å². The molecule has 2 radical (unpaired) electrons. The molecular weight excluding hydrogens is 153 g/mol. The zero-order valence-corrected chi connectivity index (χ0v) is 6.96. The Morgan fingerprint density at radius 3 is 2.83 bits per heavy atom. The van der Waals surface area contributed by atoms with Crippen molar-refractivity contribution in [2.75, 3.05) is 5.32 Å². The molecule has 1 aromatic rings. The number of aryl methyl sites for hydroxylation is 1. The summed E-state index contributed by atoms with van der Waals surface area (Å²) in [5.41, 5.74) is 0.991. The number of nitrogens with zero attached hydrogens (tertiary/aromatic N) is 2. The van der Waals surface area contributed by atoms with Gasteiger partial charge in [0.15, 0.2) is 0 Å². The summed E-state index contributed by atoms with van der Waals surface area (Å²) in [6.45, 7) is 3.15. The molecule has 1 aromatic heterocycles. The highest BCUT2D eigenvalue weighted by molar-refractivity contribution is 6.31. The SMILES string of the molecule is [B]c1nc(NC(C)=O)cnc1C. The second-order valence-corrected chi connectivity index (χ2v) is 2.41. The zero-order valence-electron chi connectivity index (χ0n) is 6.96. The molecule has 0 aliphatic carbocycles. The van der Waals surface area contributed by atoms with Crippen LogP contribution in [0, 0.1) is 6.92 Å². The third kappa shape index (κ3) is 2.05. The molecule has 12 heavy (non-hydrogen) atoms. The van der Waals surface area contributed by atoms with E-state index in [2.05, 4.69) is 15.3 Å². The Labute approximate surface area is 71.8 Å². The van der Waals surface area contributed by atoms with E-state index in [1.165, 1.54) is 13.1 Å². The number of hydrogen-bond donors (Lipinski definition) is 1. The molecular formula is C7H8BN3O. The van der Waals surface area contributed by atoms with Crippen molar-refractivity contribution in [3.63, 3.8) is 0 Å². The smallest absolute Gasteiger partial charge is 0.222 e. The highest BCUT2D eigenvalue weighted by Crippen LogP contribution is 1.96. The fourth-order valence-electron chi connectivity index (χ4n) is 0.704. The number of rotatable bonds is 1. The predicted octanol–water partition coefficient (Wildman–Crippen LogP) is -0.463. The molecule has 1 amide bonds. The van der Waals surface area contributed by atoms with Crippen LogP contribution in [0.5, 0.6) is 0 Å². The van der Waals surface area contributed by atoms with Crippen molar-refractivity contribution >= 4 is 25.2 Å². The first-order chi connectivity index (χ1) is 5.59. The molecule has 0 fully saturated rings. The maximum Gasteiger partial charge on any atom is 0.222 e. The highest BCUT2D eigenvalue weighted by atomic mass is 16.1. The fourth-order valence-corrected chi connectivity index (χ4v) is 0.704. The average Bonchev–Trinajstić information content (AvgIpc) is 1.96. The third-order valence-corrected chi connectivity index (χ3v) is 1.30. The van der Waals surface area contributed by atoms with Crippen molar-refractivity contribution in [2.45, 2.75) is 13.8 Å². The van der Waals surface area contributed by atoms with Crippen LogP contribution < -0.4 is 10.9 Å². The third-order valence-electron chi connectivity index (χ3n) is 1.30. The van der Waals surface area contributed by atoms with E-state index in [0.29, 0.717) is 17.1 Å². The molecule has 0 aliphatic heterocycles. The van der Waals surface area contributed by atoms with Gasteiger partial charge in [0.1, 0.15) is 13.7 Å². The number of hydrogen-bond acceptors (Lipinski definition) is 3. The normalized spacial score (nSPS) is 9.50. The number of carbonyl (C=O) groups is 1. The minimum absolute atomic E-state index is 0.187. The molecule has 0 atom stereocenters. The maximum absolute atomic E-state index is 10.6. The molecule has 1 heterocycles. The quantitative estimate of drug-likeness (QED) is 0.566. The first kappa shape index (κ1) is 8.71. The largest absolute Gasteiger partial charge is 0.310 e. The summed E-state index contributed by atoms with van der Waals surface area (Å²) in [7, 11) is 5.47. The molecule has 5 heteroatoms. The molecule has 60 valence electrons. The lowest BCUT2D eigenvalue weighted by molar-refractivity contribution is -0.114. The van der Waals surface area contributed by atoms with Gasteiger partial charge in [0.2, 0.25) is 5.91 Å². The lowest BCUT2D eigenvalue weighted by Gasteiger charge is -2.02. The Morgan fingerprint density at radius 1 is 1.67 bits per heavy atom. The van der Waals surface area contributed by atoms with Gasteiger partial charge >= 0.3 is 0 Å².